The van der Waals surface area contributed by atoms with E-state index in [9.17, 15) is 9.90 Å². The lowest BCUT2D eigenvalue weighted by atomic mass is 10.2. The Morgan fingerprint density at radius 2 is 2.22 bits per heavy atom. The summed E-state index contributed by atoms with van der Waals surface area (Å²) in [5.74, 6) is -0.895. The second-order valence-electron chi connectivity index (χ2n) is 4.67. The highest BCUT2D eigenvalue weighted by Gasteiger charge is 2.15. The molecule has 0 atom stereocenters. The van der Waals surface area contributed by atoms with Gasteiger partial charge in [-0.1, -0.05) is 0 Å². The minimum Gasteiger partial charge on any atom is -0.477 e. The van der Waals surface area contributed by atoms with Crippen LogP contribution in [0, 0.1) is 6.92 Å². The maximum atomic E-state index is 11.2. The fourth-order valence-corrected chi connectivity index (χ4v) is 2.10. The molecule has 0 spiro atoms. The molecule has 0 aliphatic carbocycles. The van der Waals surface area contributed by atoms with Gasteiger partial charge >= 0.3 is 5.97 Å². The number of aromatic carboxylic acids is 1. The molecule has 0 aliphatic rings. The number of hydrogen-bond acceptors (Lipinski definition) is 2. The Morgan fingerprint density at radius 1 is 1.50 bits per heavy atom. The van der Waals surface area contributed by atoms with Crippen LogP contribution in [-0.2, 0) is 6.54 Å². The van der Waals surface area contributed by atoms with Gasteiger partial charge in [-0.2, -0.15) is 0 Å². The van der Waals surface area contributed by atoms with Crippen molar-refractivity contribution in [1.82, 2.24) is 14.1 Å². The number of nitrogens with zero attached hydrogens (tertiary/aromatic N) is 3. The van der Waals surface area contributed by atoms with E-state index in [1.807, 2.05) is 10.6 Å². The van der Waals surface area contributed by atoms with Gasteiger partial charge in [0.15, 0.2) is 0 Å². The lowest BCUT2D eigenvalue weighted by Crippen LogP contribution is -2.13. The Balaban J connectivity index is 2.35. The second kappa shape index (κ2) is 4.68. The van der Waals surface area contributed by atoms with Crippen LogP contribution >= 0.6 is 0 Å². The number of carbonyl (C=O) groups is 1. The molecule has 2 rings (SSSR count). The van der Waals surface area contributed by atoms with Crippen LogP contribution in [0.1, 0.15) is 41.6 Å². The third-order valence-corrected chi connectivity index (χ3v) is 3.00. The molecule has 18 heavy (non-hydrogen) atoms. The quantitative estimate of drug-likeness (QED) is 0.902. The van der Waals surface area contributed by atoms with Gasteiger partial charge in [-0.25, -0.2) is 9.78 Å². The predicted octanol–water partition coefficient (Wildman–Crippen LogP) is 2.32. The number of carboxylic acids is 1. The molecule has 1 N–H and O–H groups in total. The highest BCUT2D eigenvalue weighted by molar-refractivity contribution is 5.87. The van der Waals surface area contributed by atoms with Gasteiger partial charge in [0, 0.05) is 18.4 Å². The molecule has 96 valence electrons. The van der Waals surface area contributed by atoms with Crippen molar-refractivity contribution in [3.8, 4) is 0 Å². The molecule has 0 bridgehead atoms. The van der Waals surface area contributed by atoms with E-state index in [0.29, 0.717) is 18.3 Å². The summed E-state index contributed by atoms with van der Waals surface area (Å²) in [5.41, 5.74) is 2.12. The van der Waals surface area contributed by atoms with Gasteiger partial charge in [-0.3, -0.25) is 0 Å². The van der Waals surface area contributed by atoms with Gasteiger partial charge in [0.05, 0.1) is 18.6 Å². The van der Waals surface area contributed by atoms with Crippen LogP contribution in [0.25, 0.3) is 0 Å². The largest absolute Gasteiger partial charge is 0.477 e. The lowest BCUT2D eigenvalue weighted by molar-refractivity contribution is 0.0685. The van der Waals surface area contributed by atoms with Crippen molar-refractivity contribution >= 4 is 5.97 Å². The first kappa shape index (κ1) is 12.4. The van der Waals surface area contributed by atoms with E-state index in [0.717, 1.165) is 11.3 Å². The van der Waals surface area contributed by atoms with Gasteiger partial charge in [0.2, 0.25) is 0 Å². The molecule has 2 aromatic rings. The van der Waals surface area contributed by atoms with Crippen molar-refractivity contribution < 1.29 is 9.90 Å². The third kappa shape index (κ3) is 2.16. The molecule has 0 saturated heterocycles. The number of rotatable bonds is 4. The highest BCUT2D eigenvalue weighted by Crippen LogP contribution is 2.15. The second-order valence-corrected chi connectivity index (χ2v) is 4.67. The number of aryl methyl sites for hydroxylation is 1. The molecule has 0 fully saturated rings. The molecule has 0 saturated carbocycles. The van der Waals surface area contributed by atoms with Gasteiger partial charge in [0.25, 0.3) is 0 Å². The van der Waals surface area contributed by atoms with Crippen molar-refractivity contribution in [2.45, 2.75) is 33.4 Å². The molecule has 0 radical (unpaired) electrons. The molecule has 2 aromatic heterocycles. The van der Waals surface area contributed by atoms with E-state index in [2.05, 4.69) is 18.8 Å². The molecular weight excluding hydrogens is 230 g/mol. The summed E-state index contributed by atoms with van der Waals surface area (Å²) in [4.78, 5) is 15.3. The minimum atomic E-state index is -0.895. The van der Waals surface area contributed by atoms with Gasteiger partial charge in [-0.15, -0.1) is 0 Å². The zero-order chi connectivity index (χ0) is 13.3. The van der Waals surface area contributed by atoms with E-state index in [4.69, 9.17) is 0 Å². The predicted molar refractivity (Wildman–Crippen MR) is 67.8 cm³/mol. The monoisotopic (exact) mass is 247 g/mol. The van der Waals surface area contributed by atoms with E-state index < -0.39 is 5.97 Å². The van der Waals surface area contributed by atoms with Crippen molar-refractivity contribution in [2.75, 3.05) is 0 Å². The van der Waals surface area contributed by atoms with Crippen molar-refractivity contribution in [3.63, 3.8) is 0 Å². The molecule has 0 amide bonds. The standard InChI is InChI=1S/C13H17N3O2/c1-9(2)16-8-14-6-11(16)7-15-5-4-10(3)12(15)13(17)18/h4-6,8-9H,7H2,1-3H3,(H,17,18). The summed E-state index contributed by atoms with van der Waals surface area (Å²) in [7, 11) is 0. The fraction of sp³-hybridized carbons (Fsp3) is 0.385. The van der Waals surface area contributed by atoms with Crippen LogP contribution in [0.2, 0.25) is 0 Å². The summed E-state index contributed by atoms with van der Waals surface area (Å²) >= 11 is 0. The van der Waals surface area contributed by atoms with E-state index in [1.54, 1.807) is 30.2 Å². The number of aromatic nitrogens is 3. The average Bonchev–Trinajstić information content (AvgIpc) is 2.86. The smallest absolute Gasteiger partial charge is 0.352 e. The Labute approximate surface area is 106 Å². The van der Waals surface area contributed by atoms with Crippen molar-refractivity contribution in [1.29, 1.82) is 0 Å². The third-order valence-electron chi connectivity index (χ3n) is 3.00. The SMILES string of the molecule is Cc1ccn(Cc2cncn2C(C)C)c1C(=O)O. The Morgan fingerprint density at radius 3 is 2.83 bits per heavy atom. The Hall–Kier alpha value is -2.04. The van der Waals surface area contributed by atoms with Crippen LogP contribution in [0.5, 0.6) is 0 Å². The lowest BCUT2D eigenvalue weighted by Gasteiger charge is -2.13. The van der Waals surface area contributed by atoms with Crippen LogP contribution in [0.3, 0.4) is 0 Å². The van der Waals surface area contributed by atoms with E-state index >= 15 is 0 Å². The molecule has 2 heterocycles. The average molecular weight is 247 g/mol. The summed E-state index contributed by atoms with van der Waals surface area (Å²) < 4.78 is 3.79. The first-order valence-electron chi connectivity index (χ1n) is 5.90. The summed E-state index contributed by atoms with van der Waals surface area (Å²) in [6.07, 6.45) is 5.36. The maximum Gasteiger partial charge on any atom is 0.352 e. The first-order chi connectivity index (χ1) is 8.50. The Bertz CT molecular complexity index is 567. The van der Waals surface area contributed by atoms with Crippen LogP contribution in [-0.4, -0.2) is 25.2 Å². The highest BCUT2D eigenvalue weighted by atomic mass is 16.4. The molecular formula is C13H17N3O2. The molecule has 0 aromatic carbocycles. The maximum absolute atomic E-state index is 11.2. The van der Waals surface area contributed by atoms with Crippen molar-refractivity contribution in [3.05, 3.63) is 41.7 Å². The van der Waals surface area contributed by atoms with E-state index in [1.165, 1.54) is 0 Å². The number of hydrogen-bond donors (Lipinski definition) is 1. The zero-order valence-electron chi connectivity index (χ0n) is 10.8. The molecule has 5 heteroatoms. The number of imidazole rings is 1. The summed E-state index contributed by atoms with van der Waals surface area (Å²) in [6.45, 7) is 6.47. The van der Waals surface area contributed by atoms with Crippen LogP contribution in [0.15, 0.2) is 24.8 Å². The first-order valence-corrected chi connectivity index (χ1v) is 5.90. The molecule has 0 unspecified atom stereocenters. The van der Waals surface area contributed by atoms with E-state index in [-0.39, 0.29) is 0 Å². The van der Waals surface area contributed by atoms with Gasteiger partial charge < -0.3 is 14.2 Å². The minimum absolute atomic E-state index is 0.312. The molecule has 5 nitrogen and oxygen atoms in total. The fourth-order valence-electron chi connectivity index (χ4n) is 2.10. The van der Waals surface area contributed by atoms with Crippen LogP contribution in [0.4, 0.5) is 0 Å². The van der Waals surface area contributed by atoms with Crippen molar-refractivity contribution in [2.24, 2.45) is 0 Å². The topological polar surface area (TPSA) is 60.0 Å². The van der Waals surface area contributed by atoms with Gasteiger partial charge in [0.1, 0.15) is 5.69 Å². The summed E-state index contributed by atoms with van der Waals surface area (Å²) in [5, 5.41) is 9.20. The number of carboxylic acid groups (broad SMARTS) is 1. The Kier molecular flexibility index (Phi) is 3.23. The van der Waals surface area contributed by atoms with Crippen LogP contribution < -0.4 is 0 Å². The zero-order valence-corrected chi connectivity index (χ0v) is 10.8. The van der Waals surface area contributed by atoms with Gasteiger partial charge in [-0.05, 0) is 32.4 Å². The normalized spacial score (nSPS) is 11.1. The summed E-state index contributed by atoms with van der Waals surface area (Å²) in [6, 6.07) is 2.13. The molecule has 0 aliphatic heterocycles.